The fourth-order valence-corrected chi connectivity index (χ4v) is 3.19. The van der Waals surface area contributed by atoms with Gasteiger partial charge in [-0.2, -0.15) is 5.26 Å². The Hall–Kier alpha value is -3.10. The number of carbonyl (C=O) groups excluding carboxylic acids is 2. The molecule has 0 bridgehead atoms. The number of nitriles is 1. The van der Waals surface area contributed by atoms with Crippen molar-refractivity contribution in [2.45, 2.75) is 6.54 Å². The van der Waals surface area contributed by atoms with Gasteiger partial charge in [0.25, 0.3) is 11.1 Å². The van der Waals surface area contributed by atoms with Gasteiger partial charge < -0.3 is 0 Å². The number of amides is 2. The molecule has 2 amide bonds. The van der Waals surface area contributed by atoms with E-state index >= 15 is 0 Å². The van der Waals surface area contributed by atoms with E-state index in [-0.39, 0.29) is 17.7 Å². The maximum absolute atomic E-state index is 12.5. The van der Waals surface area contributed by atoms with Gasteiger partial charge in [-0.05, 0) is 35.0 Å². The molecule has 0 unspecified atom stereocenters. The number of thioether (sulfide) groups is 1. The molecule has 0 aliphatic carbocycles. The Balaban J connectivity index is 1.75. The average molecular weight is 346 g/mol. The van der Waals surface area contributed by atoms with Crippen molar-refractivity contribution in [2.75, 3.05) is 0 Å². The Bertz CT molecular complexity index is 911. The van der Waals surface area contributed by atoms with Gasteiger partial charge in [0.15, 0.2) is 0 Å². The molecule has 2 aromatic rings. The summed E-state index contributed by atoms with van der Waals surface area (Å²) in [6.45, 7) is 0.105. The van der Waals surface area contributed by atoms with Crippen LogP contribution in [0.4, 0.5) is 4.79 Å². The van der Waals surface area contributed by atoms with E-state index in [0.29, 0.717) is 16.0 Å². The molecule has 25 heavy (non-hydrogen) atoms. The Morgan fingerprint density at radius 3 is 2.52 bits per heavy atom. The van der Waals surface area contributed by atoms with Crippen molar-refractivity contribution >= 4 is 29.0 Å². The monoisotopic (exact) mass is 346 g/mol. The minimum Gasteiger partial charge on any atom is -0.268 e. The average Bonchev–Trinajstić information content (AvgIpc) is 2.91. The molecule has 4 nitrogen and oxygen atoms in total. The number of hydrogen-bond acceptors (Lipinski definition) is 4. The lowest BCUT2D eigenvalue weighted by molar-refractivity contribution is -0.123. The van der Waals surface area contributed by atoms with Crippen LogP contribution in [0.3, 0.4) is 0 Å². The van der Waals surface area contributed by atoms with Gasteiger partial charge in [-0.3, -0.25) is 14.5 Å². The Kier molecular flexibility index (Phi) is 5.12. The zero-order chi connectivity index (χ0) is 17.6. The molecule has 2 aromatic carbocycles. The van der Waals surface area contributed by atoms with Crippen molar-refractivity contribution < 1.29 is 9.59 Å². The molecule has 122 valence electrons. The maximum Gasteiger partial charge on any atom is 0.293 e. The second-order valence-corrected chi connectivity index (χ2v) is 6.32. The van der Waals surface area contributed by atoms with Gasteiger partial charge in [0.2, 0.25) is 0 Å². The van der Waals surface area contributed by atoms with Gasteiger partial charge >= 0.3 is 0 Å². The largest absolute Gasteiger partial charge is 0.293 e. The highest BCUT2D eigenvalue weighted by molar-refractivity contribution is 8.18. The molecule has 0 saturated carbocycles. The van der Waals surface area contributed by atoms with E-state index in [1.807, 2.05) is 36.4 Å². The first kappa shape index (κ1) is 16.7. The van der Waals surface area contributed by atoms with Crippen molar-refractivity contribution in [1.82, 2.24) is 4.90 Å². The summed E-state index contributed by atoms with van der Waals surface area (Å²) in [6.07, 6.45) is 5.28. The second kappa shape index (κ2) is 7.65. The zero-order valence-electron chi connectivity index (χ0n) is 13.3. The van der Waals surface area contributed by atoms with Crippen molar-refractivity contribution in [3.63, 3.8) is 0 Å². The van der Waals surface area contributed by atoms with Crippen molar-refractivity contribution in [3.05, 3.63) is 88.3 Å². The van der Waals surface area contributed by atoms with E-state index in [1.54, 1.807) is 36.4 Å². The third-order valence-corrected chi connectivity index (χ3v) is 4.60. The van der Waals surface area contributed by atoms with Crippen LogP contribution in [0.25, 0.3) is 6.08 Å². The standard InChI is InChI=1S/C20H14N2O2S/c21-13-16-10-4-5-11-17(16)14-22-19(23)18(25-20(22)24)12-6-9-15-7-2-1-3-8-15/h1-12H,14H2/b9-6-,18-12+. The first-order valence-corrected chi connectivity index (χ1v) is 8.46. The molecular weight excluding hydrogens is 332 g/mol. The summed E-state index contributed by atoms with van der Waals surface area (Å²) in [4.78, 5) is 26.2. The first-order valence-electron chi connectivity index (χ1n) is 7.64. The molecule has 1 aliphatic heterocycles. The Morgan fingerprint density at radius 1 is 1.04 bits per heavy atom. The summed E-state index contributed by atoms with van der Waals surface area (Å²) in [5, 5.41) is 8.81. The summed E-state index contributed by atoms with van der Waals surface area (Å²) < 4.78 is 0. The van der Waals surface area contributed by atoms with Crippen LogP contribution in [0.15, 0.2) is 71.7 Å². The van der Waals surface area contributed by atoms with Crippen LogP contribution in [-0.2, 0) is 11.3 Å². The highest BCUT2D eigenvalue weighted by atomic mass is 32.2. The highest BCUT2D eigenvalue weighted by Gasteiger charge is 2.34. The van der Waals surface area contributed by atoms with Crippen molar-refractivity contribution in [2.24, 2.45) is 0 Å². The van der Waals surface area contributed by atoms with Crippen LogP contribution < -0.4 is 0 Å². The number of nitrogens with zero attached hydrogens (tertiary/aromatic N) is 2. The lowest BCUT2D eigenvalue weighted by Crippen LogP contribution is -2.27. The second-order valence-electron chi connectivity index (χ2n) is 5.33. The number of imide groups is 1. The number of allylic oxidation sites excluding steroid dienone is 2. The minimum absolute atomic E-state index is 0.105. The summed E-state index contributed by atoms with van der Waals surface area (Å²) in [5.41, 5.74) is 2.14. The number of carbonyl (C=O) groups is 2. The Labute approximate surface area is 150 Å². The first-order chi connectivity index (χ1) is 12.2. The van der Waals surface area contributed by atoms with Gasteiger partial charge in [0.05, 0.1) is 23.1 Å². The molecule has 0 aromatic heterocycles. The van der Waals surface area contributed by atoms with Crippen molar-refractivity contribution in [3.8, 4) is 6.07 Å². The lowest BCUT2D eigenvalue weighted by atomic mass is 10.1. The highest BCUT2D eigenvalue weighted by Crippen LogP contribution is 2.32. The van der Waals surface area contributed by atoms with Gasteiger partial charge in [0.1, 0.15) is 0 Å². The number of hydrogen-bond donors (Lipinski definition) is 0. The molecule has 3 rings (SSSR count). The third kappa shape index (κ3) is 3.87. The molecule has 0 atom stereocenters. The fraction of sp³-hybridized carbons (Fsp3) is 0.0500. The fourth-order valence-electron chi connectivity index (χ4n) is 2.40. The number of rotatable bonds is 4. The Morgan fingerprint density at radius 2 is 1.76 bits per heavy atom. The number of benzene rings is 2. The van der Waals surface area contributed by atoms with Crippen LogP contribution in [0.2, 0.25) is 0 Å². The van der Waals surface area contributed by atoms with Crippen LogP contribution in [-0.4, -0.2) is 16.0 Å². The van der Waals surface area contributed by atoms with Crippen LogP contribution in [0, 0.1) is 11.3 Å². The SMILES string of the molecule is N#Cc1ccccc1CN1C(=O)S/C(=C/C=C\c2ccccc2)C1=O. The normalized spacial score (nSPS) is 16.0. The zero-order valence-corrected chi connectivity index (χ0v) is 14.1. The predicted octanol–water partition coefficient (Wildman–Crippen LogP) is 4.35. The van der Waals surface area contributed by atoms with Crippen LogP contribution >= 0.6 is 11.8 Å². The lowest BCUT2D eigenvalue weighted by Gasteiger charge is -2.13. The summed E-state index contributed by atoms with van der Waals surface area (Å²) >= 11 is 0.914. The van der Waals surface area contributed by atoms with Crippen LogP contribution in [0.5, 0.6) is 0 Å². The molecule has 0 N–H and O–H groups in total. The molecule has 0 radical (unpaired) electrons. The van der Waals surface area contributed by atoms with Gasteiger partial charge in [-0.1, -0.05) is 60.7 Å². The van der Waals surface area contributed by atoms with E-state index < -0.39 is 0 Å². The van der Waals surface area contributed by atoms with Gasteiger partial charge in [-0.25, -0.2) is 0 Å². The topological polar surface area (TPSA) is 61.2 Å². The minimum atomic E-state index is -0.333. The molecule has 5 heteroatoms. The molecule has 0 spiro atoms. The summed E-state index contributed by atoms with van der Waals surface area (Å²) in [5.74, 6) is -0.333. The summed E-state index contributed by atoms with van der Waals surface area (Å²) in [6, 6.07) is 18.7. The van der Waals surface area contributed by atoms with E-state index in [4.69, 9.17) is 5.26 Å². The molecule has 1 heterocycles. The smallest absolute Gasteiger partial charge is 0.268 e. The predicted molar refractivity (Wildman–Crippen MR) is 98.3 cm³/mol. The molecule has 1 fully saturated rings. The van der Waals surface area contributed by atoms with Gasteiger partial charge in [0, 0.05) is 0 Å². The van der Waals surface area contributed by atoms with Gasteiger partial charge in [-0.15, -0.1) is 0 Å². The third-order valence-electron chi connectivity index (χ3n) is 3.68. The van der Waals surface area contributed by atoms with E-state index in [2.05, 4.69) is 6.07 Å². The van der Waals surface area contributed by atoms with E-state index in [1.165, 1.54) is 4.90 Å². The van der Waals surface area contributed by atoms with Crippen molar-refractivity contribution in [1.29, 1.82) is 5.26 Å². The molecule has 1 saturated heterocycles. The quantitative estimate of drug-likeness (QED) is 0.772. The van der Waals surface area contributed by atoms with E-state index in [0.717, 1.165) is 17.3 Å². The molecular formula is C20H14N2O2S. The maximum atomic E-state index is 12.5. The van der Waals surface area contributed by atoms with Crippen LogP contribution in [0.1, 0.15) is 16.7 Å². The summed E-state index contributed by atoms with van der Waals surface area (Å²) in [7, 11) is 0. The van der Waals surface area contributed by atoms with E-state index in [9.17, 15) is 9.59 Å². The molecule has 1 aliphatic rings.